The number of hydrogen-bond acceptors (Lipinski definition) is 9. The van der Waals surface area contributed by atoms with Gasteiger partial charge in [0.2, 0.25) is 0 Å². The molecule has 1 atom stereocenters. The third-order valence-electron chi connectivity index (χ3n) is 5.36. The second-order valence-corrected chi connectivity index (χ2v) is 7.16. The first-order chi connectivity index (χ1) is 14.3. The fraction of sp³-hybridized carbons (Fsp3) is 0.400. The number of aromatic nitrogens is 4. The topological polar surface area (TPSA) is 109 Å². The molecule has 3 aromatic heterocycles. The number of pyridine rings is 1. The van der Waals surface area contributed by atoms with Crippen LogP contribution in [0.1, 0.15) is 34.5 Å². The number of aliphatic hydroxyl groups excluding tert-OH is 1. The quantitative estimate of drug-likeness (QED) is 0.638. The fourth-order valence-electron chi connectivity index (χ4n) is 3.89. The molecule has 1 unspecified atom stereocenters. The minimum atomic E-state index is -0.923. The maximum Gasteiger partial charge on any atom is 0.181 e. The Morgan fingerprint density at radius 2 is 2.10 bits per heavy atom. The standard InChI is InChI=1S/C20H22N6O3/c27-20(24-18-2-1-6-22-25-18)14-10-19(23-15-5-9-28-8-4-13(14)15)26-7-3-17-16(11-26)21-12-29-17/h1-2,6,10,12,20,27H,3-5,7-9,11H2,(H,24,25). The highest BCUT2D eigenvalue weighted by Gasteiger charge is 2.25. The van der Waals surface area contributed by atoms with Gasteiger partial charge in [0.1, 0.15) is 17.3 Å². The number of nitrogens with one attached hydrogen (secondary N) is 1. The third kappa shape index (κ3) is 3.66. The Hall–Kier alpha value is -3.04. The molecular formula is C20H22N6O3. The molecule has 0 fully saturated rings. The molecule has 2 aliphatic heterocycles. The number of ether oxygens (including phenoxy) is 1. The van der Waals surface area contributed by atoms with E-state index in [0.29, 0.717) is 32.0 Å². The van der Waals surface area contributed by atoms with E-state index < -0.39 is 6.23 Å². The van der Waals surface area contributed by atoms with Crippen molar-refractivity contribution in [1.29, 1.82) is 0 Å². The SMILES string of the molecule is OC(Nc1cccnn1)c1cc(N2CCc3ocnc3C2)nc2c1CCOCC2. The predicted octanol–water partition coefficient (Wildman–Crippen LogP) is 1.64. The Morgan fingerprint density at radius 1 is 1.17 bits per heavy atom. The molecule has 0 aromatic carbocycles. The van der Waals surface area contributed by atoms with Gasteiger partial charge < -0.3 is 24.5 Å². The highest BCUT2D eigenvalue weighted by atomic mass is 16.5. The average Bonchev–Trinajstić information content (AvgIpc) is 3.09. The zero-order chi connectivity index (χ0) is 19.6. The molecule has 2 N–H and O–H groups in total. The molecule has 3 aromatic rings. The van der Waals surface area contributed by atoms with Crippen LogP contribution in [-0.2, 0) is 30.5 Å². The van der Waals surface area contributed by atoms with Crippen molar-refractivity contribution in [3.8, 4) is 0 Å². The summed E-state index contributed by atoms with van der Waals surface area (Å²) in [5, 5.41) is 21.9. The van der Waals surface area contributed by atoms with Crippen LogP contribution in [0.5, 0.6) is 0 Å². The van der Waals surface area contributed by atoms with Crippen LogP contribution in [0.15, 0.2) is 35.2 Å². The lowest BCUT2D eigenvalue weighted by atomic mass is 10.00. The van der Waals surface area contributed by atoms with Crippen molar-refractivity contribution < 1.29 is 14.3 Å². The first-order valence-corrected chi connectivity index (χ1v) is 9.77. The summed E-state index contributed by atoms with van der Waals surface area (Å²) < 4.78 is 11.1. The zero-order valence-corrected chi connectivity index (χ0v) is 15.9. The number of anilines is 2. The summed E-state index contributed by atoms with van der Waals surface area (Å²) in [5.41, 5.74) is 3.75. The normalized spacial score (nSPS) is 17.2. The minimum absolute atomic E-state index is 0.516. The molecule has 5 heterocycles. The van der Waals surface area contributed by atoms with Gasteiger partial charge in [-0.15, -0.1) is 5.10 Å². The molecular weight excluding hydrogens is 372 g/mol. The molecule has 150 valence electrons. The van der Waals surface area contributed by atoms with Gasteiger partial charge in [-0.2, -0.15) is 5.10 Å². The van der Waals surface area contributed by atoms with Crippen molar-refractivity contribution in [2.24, 2.45) is 0 Å². The maximum atomic E-state index is 11.0. The van der Waals surface area contributed by atoms with E-state index in [1.165, 1.54) is 6.39 Å². The van der Waals surface area contributed by atoms with E-state index in [1.807, 2.05) is 6.07 Å². The van der Waals surface area contributed by atoms with Crippen LogP contribution in [-0.4, -0.2) is 45.0 Å². The van der Waals surface area contributed by atoms with Gasteiger partial charge in [0.25, 0.3) is 0 Å². The Balaban J connectivity index is 1.50. The Labute approximate surface area is 167 Å². The smallest absolute Gasteiger partial charge is 0.181 e. The molecule has 0 spiro atoms. The summed E-state index contributed by atoms with van der Waals surface area (Å²) in [4.78, 5) is 11.4. The van der Waals surface area contributed by atoms with Gasteiger partial charge in [-0.05, 0) is 30.2 Å². The van der Waals surface area contributed by atoms with Crippen LogP contribution >= 0.6 is 0 Å². The largest absolute Gasteiger partial charge is 0.448 e. The first kappa shape index (κ1) is 18.0. The third-order valence-corrected chi connectivity index (χ3v) is 5.36. The zero-order valence-electron chi connectivity index (χ0n) is 15.9. The second-order valence-electron chi connectivity index (χ2n) is 7.16. The molecule has 5 rings (SSSR count). The van der Waals surface area contributed by atoms with E-state index in [9.17, 15) is 5.11 Å². The van der Waals surface area contributed by atoms with E-state index >= 15 is 0 Å². The molecule has 0 saturated carbocycles. The van der Waals surface area contributed by atoms with Crippen LogP contribution in [0.3, 0.4) is 0 Å². The van der Waals surface area contributed by atoms with E-state index in [2.05, 4.69) is 25.4 Å². The lowest BCUT2D eigenvalue weighted by Gasteiger charge is -2.29. The number of nitrogens with zero attached hydrogens (tertiary/aromatic N) is 5. The minimum Gasteiger partial charge on any atom is -0.448 e. The van der Waals surface area contributed by atoms with E-state index in [1.54, 1.807) is 18.3 Å². The summed E-state index contributed by atoms with van der Waals surface area (Å²) in [6, 6.07) is 5.51. The number of hydrogen-bond donors (Lipinski definition) is 2. The molecule has 9 nitrogen and oxygen atoms in total. The summed E-state index contributed by atoms with van der Waals surface area (Å²) in [6.45, 7) is 2.67. The number of oxazole rings is 1. The van der Waals surface area contributed by atoms with Crippen LogP contribution in [0.25, 0.3) is 0 Å². The van der Waals surface area contributed by atoms with Crippen molar-refractivity contribution in [2.45, 2.75) is 32.0 Å². The van der Waals surface area contributed by atoms with Crippen molar-refractivity contribution in [1.82, 2.24) is 20.2 Å². The molecule has 29 heavy (non-hydrogen) atoms. The van der Waals surface area contributed by atoms with Gasteiger partial charge in [0.15, 0.2) is 18.4 Å². The molecule has 0 saturated heterocycles. The van der Waals surface area contributed by atoms with Crippen molar-refractivity contribution in [2.75, 3.05) is 30.0 Å². The van der Waals surface area contributed by atoms with E-state index in [0.717, 1.165) is 53.5 Å². The Bertz CT molecular complexity index is 993. The summed E-state index contributed by atoms with van der Waals surface area (Å²) >= 11 is 0. The summed E-state index contributed by atoms with van der Waals surface area (Å²) in [7, 11) is 0. The molecule has 0 aliphatic carbocycles. The molecule has 2 aliphatic rings. The Kier molecular flexibility index (Phi) is 4.82. The van der Waals surface area contributed by atoms with Crippen LogP contribution in [0.2, 0.25) is 0 Å². The van der Waals surface area contributed by atoms with Crippen LogP contribution in [0.4, 0.5) is 11.6 Å². The number of rotatable bonds is 4. The van der Waals surface area contributed by atoms with Crippen molar-refractivity contribution in [3.63, 3.8) is 0 Å². The van der Waals surface area contributed by atoms with Crippen LogP contribution < -0.4 is 10.2 Å². The monoisotopic (exact) mass is 394 g/mol. The summed E-state index contributed by atoms with van der Waals surface area (Å²) in [5.74, 6) is 2.28. The summed E-state index contributed by atoms with van der Waals surface area (Å²) in [6.07, 6.45) is 4.39. The predicted molar refractivity (Wildman–Crippen MR) is 104 cm³/mol. The highest BCUT2D eigenvalue weighted by Crippen LogP contribution is 2.30. The Morgan fingerprint density at radius 3 is 3.00 bits per heavy atom. The lowest BCUT2D eigenvalue weighted by molar-refractivity contribution is 0.145. The van der Waals surface area contributed by atoms with Gasteiger partial charge >= 0.3 is 0 Å². The van der Waals surface area contributed by atoms with Gasteiger partial charge in [0.05, 0.1) is 19.8 Å². The number of fused-ring (bicyclic) bond motifs is 2. The van der Waals surface area contributed by atoms with Gasteiger partial charge in [-0.3, -0.25) is 0 Å². The highest BCUT2D eigenvalue weighted by molar-refractivity contribution is 5.50. The fourth-order valence-corrected chi connectivity index (χ4v) is 3.89. The van der Waals surface area contributed by atoms with E-state index in [4.69, 9.17) is 14.1 Å². The maximum absolute atomic E-state index is 11.0. The van der Waals surface area contributed by atoms with Gasteiger partial charge in [0, 0.05) is 36.8 Å². The second kappa shape index (κ2) is 7.76. The van der Waals surface area contributed by atoms with E-state index in [-0.39, 0.29) is 0 Å². The number of aliphatic hydroxyl groups is 1. The first-order valence-electron chi connectivity index (χ1n) is 9.77. The molecule has 0 bridgehead atoms. The molecule has 0 radical (unpaired) electrons. The van der Waals surface area contributed by atoms with Crippen molar-refractivity contribution >= 4 is 11.6 Å². The molecule has 0 amide bonds. The molecule has 9 heteroatoms. The average molecular weight is 394 g/mol. The van der Waals surface area contributed by atoms with Crippen molar-refractivity contribution in [3.05, 3.63) is 59.1 Å². The van der Waals surface area contributed by atoms with Gasteiger partial charge in [-0.25, -0.2) is 9.97 Å². The lowest BCUT2D eigenvalue weighted by Crippen LogP contribution is -2.31. The van der Waals surface area contributed by atoms with Gasteiger partial charge in [-0.1, -0.05) is 0 Å². The van der Waals surface area contributed by atoms with Crippen LogP contribution in [0, 0.1) is 0 Å².